The maximum Gasteiger partial charge on any atom is 0.148 e. The van der Waals surface area contributed by atoms with Crippen molar-refractivity contribution in [2.24, 2.45) is 0 Å². The van der Waals surface area contributed by atoms with E-state index < -0.39 is 17.1 Å². The van der Waals surface area contributed by atoms with Crippen molar-refractivity contribution in [3.05, 3.63) is 121 Å². The minimum absolute atomic E-state index is 0.547. The average Bonchev–Trinajstić information content (AvgIpc) is 2.81. The van der Waals surface area contributed by atoms with Gasteiger partial charge in [-0.25, -0.2) is 0 Å². The summed E-state index contributed by atoms with van der Waals surface area (Å²) in [5.74, 6) is 0. The molecule has 0 N–H and O–H groups in total. The van der Waals surface area contributed by atoms with Crippen molar-refractivity contribution in [3.63, 3.8) is 0 Å². The van der Waals surface area contributed by atoms with Gasteiger partial charge in [0.05, 0.1) is 0 Å². The van der Waals surface area contributed by atoms with E-state index in [0.717, 1.165) is 0 Å². The first-order valence-corrected chi connectivity index (χ1v) is 13.1. The van der Waals surface area contributed by atoms with Crippen molar-refractivity contribution in [1.82, 2.24) is 0 Å². The Morgan fingerprint density at radius 3 is 0.793 bits per heavy atom. The third-order valence-corrected chi connectivity index (χ3v) is 11.6. The fraction of sp³-hybridized carbons (Fsp3) is 0. The van der Waals surface area contributed by atoms with Crippen LogP contribution in [0.5, 0.6) is 0 Å². The van der Waals surface area contributed by atoms with Gasteiger partial charge in [-0.1, -0.05) is 121 Å². The van der Waals surface area contributed by atoms with Crippen molar-refractivity contribution in [2.75, 3.05) is 0 Å². The van der Waals surface area contributed by atoms with E-state index in [4.69, 9.17) is 4.12 Å². The number of rotatable bonds is 6. The monoisotopic (exact) mass is 412 g/mol. The van der Waals surface area contributed by atoms with E-state index in [0.29, 0.717) is 20.7 Å². The lowest BCUT2D eigenvalue weighted by Gasteiger charge is -2.51. The Bertz CT molecular complexity index is 876. The predicted octanol–water partition coefficient (Wildman–Crippen LogP) is 0.237. The Balaban J connectivity index is 1.91. The second-order valence-corrected chi connectivity index (χ2v) is 12.4. The first-order chi connectivity index (χ1) is 14.1. The molecule has 0 aliphatic heterocycles. The van der Waals surface area contributed by atoms with Crippen LogP contribution in [-0.4, -0.2) is 17.1 Å². The molecule has 0 aliphatic carbocycles. The van der Waals surface area contributed by atoms with Gasteiger partial charge in [-0.05, 0) is 20.7 Å². The van der Waals surface area contributed by atoms with Gasteiger partial charge in [0.25, 0.3) is 0 Å². The van der Waals surface area contributed by atoms with Crippen LogP contribution in [-0.2, 0) is 4.12 Å². The van der Waals surface area contributed by atoms with Crippen molar-refractivity contribution in [3.8, 4) is 0 Å². The standard InChI is InChI=1S/C24H20O3Si2/c25-28(21-13-5-1-6-14-21,22-15-7-2-8-16-22)27-29(26,23-17-9-3-10-18-23)24-19-11-4-12-20-24/h1-20H/q-2. The highest BCUT2D eigenvalue weighted by molar-refractivity contribution is 7.02. The molecule has 0 amide bonds. The SMILES string of the molecule is [O-][Si](O[Si]([O-])(c1ccccc1)c1ccccc1)(c1ccccc1)c1ccccc1. The van der Waals surface area contributed by atoms with Gasteiger partial charge in [0.1, 0.15) is 17.1 Å². The molecule has 0 radical (unpaired) electrons. The minimum atomic E-state index is -4.00. The molecular formula is C24H20O3Si2-2. The van der Waals surface area contributed by atoms with Crippen LogP contribution in [0.25, 0.3) is 0 Å². The molecular weight excluding hydrogens is 392 g/mol. The molecule has 0 saturated carbocycles. The Hall–Kier alpha value is -2.81. The average molecular weight is 413 g/mol. The molecule has 4 aromatic carbocycles. The summed E-state index contributed by atoms with van der Waals surface area (Å²) < 4.78 is 6.34. The zero-order valence-electron chi connectivity index (χ0n) is 15.8. The van der Waals surface area contributed by atoms with E-state index in [1.54, 1.807) is 48.5 Å². The quantitative estimate of drug-likeness (QED) is 0.426. The Labute approximate surface area is 173 Å². The number of hydrogen-bond acceptors (Lipinski definition) is 3. The maximum atomic E-state index is 14.4. The van der Waals surface area contributed by atoms with E-state index in [1.165, 1.54) is 0 Å². The lowest BCUT2D eigenvalue weighted by molar-refractivity contribution is -0.249. The molecule has 0 spiro atoms. The Kier molecular flexibility index (Phi) is 5.57. The lowest BCUT2D eigenvalue weighted by Crippen LogP contribution is -2.83. The molecule has 4 aromatic rings. The topological polar surface area (TPSA) is 55.3 Å². The minimum Gasteiger partial charge on any atom is -0.832 e. The summed E-state index contributed by atoms with van der Waals surface area (Å²) in [6, 6.07) is 36.2. The van der Waals surface area contributed by atoms with Crippen LogP contribution < -0.4 is 30.3 Å². The zero-order valence-corrected chi connectivity index (χ0v) is 17.8. The van der Waals surface area contributed by atoms with Crippen LogP contribution in [0, 0.1) is 0 Å². The summed E-state index contributed by atoms with van der Waals surface area (Å²) in [6.07, 6.45) is 0. The summed E-state index contributed by atoms with van der Waals surface area (Å²) in [5.41, 5.74) is 0. The third-order valence-electron chi connectivity index (χ3n) is 4.90. The summed E-state index contributed by atoms with van der Waals surface area (Å²) >= 11 is 0. The van der Waals surface area contributed by atoms with Crippen molar-refractivity contribution in [2.45, 2.75) is 0 Å². The van der Waals surface area contributed by atoms with Gasteiger partial charge in [0.15, 0.2) is 0 Å². The Morgan fingerprint density at radius 1 is 0.379 bits per heavy atom. The maximum absolute atomic E-state index is 14.4. The normalized spacial score (nSPS) is 11.9. The molecule has 0 unspecified atom stereocenters. The van der Waals surface area contributed by atoms with Gasteiger partial charge >= 0.3 is 0 Å². The highest BCUT2D eigenvalue weighted by atomic mass is 28.5. The molecule has 0 aliphatic rings. The molecule has 0 heterocycles. The number of benzene rings is 4. The van der Waals surface area contributed by atoms with E-state index in [1.807, 2.05) is 72.8 Å². The summed E-state index contributed by atoms with van der Waals surface area (Å²) in [7, 11) is -8.01. The van der Waals surface area contributed by atoms with E-state index in [-0.39, 0.29) is 0 Å². The van der Waals surface area contributed by atoms with E-state index in [9.17, 15) is 9.59 Å². The summed E-state index contributed by atoms with van der Waals surface area (Å²) in [6.45, 7) is 0. The van der Waals surface area contributed by atoms with E-state index in [2.05, 4.69) is 0 Å². The van der Waals surface area contributed by atoms with Gasteiger partial charge in [0, 0.05) is 0 Å². The Morgan fingerprint density at radius 2 is 0.586 bits per heavy atom. The van der Waals surface area contributed by atoms with Crippen LogP contribution in [0.2, 0.25) is 0 Å². The molecule has 3 nitrogen and oxygen atoms in total. The van der Waals surface area contributed by atoms with Crippen molar-refractivity contribution >= 4 is 37.9 Å². The molecule has 29 heavy (non-hydrogen) atoms. The fourth-order valence-electron chi connectivity index (χ4n) is 3.40. The van der Waals surface area contributed by atoms with Crippen LogP contribution in [0.1, 0.15) is 0 Å². The predicted molar refractivity (Wildman–Crippen MR) is 117 cm³/mol. The molecule has 0 fully saturated rings. The second kappa shape index (κ2) is 8.28. The molecule has 0 saturated heterocycles. The van der Waals surface area contributed by atoms with Gasteiger partial charge in [-0.2, -0.15) is 0 Å². The van der Waals surface area contributed by atoms with Crippen LogP contribution >= 0.6 is 0 Å². The van der Waals surface area contributed by atoms with Gasteiger partial charge in [0.2, 0.25) is 0 Å². The van der Waals surface area contributed by atoms with Gasteiger partial charge < -0.3 is 13.7 Å². The van der Waals surface area contributed by atoms with Crippen molar-refractivity contribution < 1.29 is 13.7 Å². The van der Waals surface area contributed by atoms with E-state index >= 15 is 0 Å². The van der Waals surface area contributed by atoms with Crippen LogP contribution in [0.4, 0.5) is 0 Å². The van der Waals surface area contributed by atoms with Gasteiger partial charge in [-0.3, -0.25) is 0 Å². The van der Waals surface area contributed by atoms with Crippen molar-refractivity contribution in [1.29, 1.82) is 0 Å². The summed E-state index contributed by atoms with van der Waals surface area (Å²) in [4.78, 5) is 28.8. The lowest BCUT2D eigenvalue weighted by atomic mass is 10.4. The molecule has 0 bridgehead atoms. The molecule has 5 heteroatoms. The second-order valence-electron chi connectivity index (χ2n) is 6.80. The van der Waals surface area contributed by atoms with Crippen LogP contribution in [0.15, 0.2) is 121 Å². The molecule has 144 valence electrons. The highest BCUT2D eigenvalue weighted by Gasteiger charge is 2.35. The zero-order chi connectivity index (χ0) is 20.2. The smallest absolute Gasteiger partial charge is 0.148 e. The number of hydrogen-bond donors (Lipinski definition) is 0. The first kappa shape index (κ1) is 19.5. The highest BCUT2D eigenvalue weighted by Crippen LogP contribution is 2.09. The van der Waals surface area contributed by atoms with Crippen LogP contribution in [0.3, 0.4) is 0 Å². The largest absolute Gasteiger partial charge is 0.832 e. The first-order valence-electron chi connectivity index (χ1n) is 9.46. The van der Waals surface area contributed by atoms with Gasteiger partial charge in [-0.15, -0.1) is 0 Å². The fourth-order valence-corrected chi connectivity index (χ4v) is 10.1. The molecule has 0 aromatic heterocycles. The third kappa shape index (κ3) is 3.87. The molecule has 0 atom stereocenters. The summed E-state index contributed by atoms with van der Waals surface area (Å²) in [5, 5.41) is 2.19. The molecule has 4 rings (SSSR count).